The predicted molar refractivity (Wildman–Crippen MR) is 55.1 cm³/mol. The Morgan fingerprint density at radius 1 is 0.929 bits per heavy atom. The highest BCUT2D eigenvalue weighted by atomic mass is 16.1. The molecule has 1 nitrogen and oxygen atoms in total. The second kappa shape index (κ2) is 2.94. The minimum Gasteiger partial charge on any atom is -0.299 e. The Morgan fingerprint density at radius 2 is 1.43 bits per heavy atom. The fourth-order valence-corrected chi connectivity index (χ4v) is 2.91. The fraction of sp³-hybridized carbons (Fsp3) is 0.462. The maximum atomic E-state index is 11.9. The number of carbonyl (C=O) groups excluding carboxylic acids is 1. The van der Waals surface area contributed by atoms with E-state index >= 15 is 0 Å². The van der Waals surface area contributed by atoms with E-state index in [1.54, 1.807) is 0 Å². The zero-order valence-electron chi connectivity index (χ0n) is 8.20. The van der Waals surface area contributed by atoms with E-state index in [-0.39, 0.29) is 0 Å². The van der Waals surface area contributed by atoms with Crippen molar-refractivity contribution in [1.29, 1.82) is 0 Å². The van der Waals surface area contributed by atoms with Gasteiger partial charge in [-0.05, 0) is 36.8 Å². The van der Waals surface area contributed by atoms with Crippen LogP contribution in [-0.2, 0) is 17.6 Å². The van der Waals surface area contributed by atoms with Crippen molar-refractivity contribution in [1.82, 2.24) is 0 Å². The third-order valence-corrected chi connectivity index (χ3v) is 3.72. The SMILES string of the molecule is O=C1C2CCC1Cc1ccccc1C2. The first-order chi connectivity index (χ1) is 6.84. The van der Waals surface area contributed by atoms with Gasteiger partial charge in [0.05, 0.1) is 0 Å². The van der Waals surface area contributed by atoms with Gasteiger partial charge in [-0.1, -0.05) is 24.3 Å². The van der Waals surface area contributed by atoms with Gasteiger partial charge in [0.15, 0.2) is 0 Å². The molecule has 3 rings (SSSR count). The van der Waals surface area contributed by atoms with E-state index in [0.717, 1.165) is 25.7 Å². The first kappa shape index (κ1) is 8.22. The molecule has 0 aliphatic heterocycles. The molecule has 0 heterocycles. The summed E-state index contributed by atoms with van der Waals surface area (Å²) in [7, 11) is 0. The van der Waals surface area contributed by atoms with Crippen molar-refractivity contribution in [2.45, 2.75) is 25.7 Å². The minimum atomic E-state index is 0.337. The van der Waals surface area contributed by atoms with E-state index in [0.29, 0.717) is 17.6 Å². The van der Waals surface area contributed by atoms with Gasteiger partial charge in [0, 0.05) is 11.8 Å². The number of hydrogen-bond acceptors (Lipinski definition) is 1. The lowest BCUT2D eigenvalue weighted by molar-refractivity contribution is -0.123. The van der Waals surface area contributed by atoms with Crippen LogP contribution in [0.5, 0.6) is 0 Å². The normalized spacial score (nSPS) is 29.9. The van der Waals surface area contributed by atoms with Crippen LogP contribution in [0.15, 0.2) is 24.3 Å². The van der Waals surface area contributed by atoms with Gasteiger partial charge in [-0.2, -0.15) is 0 Å². The molecule has 0 spiro atoms. The molecule has 1 aromatic rings. The van der Waals surface area contributed by atoms with Crippen LogP contribution in [0.3, 0.4) is 0 Å². The lowest BCUT2D eigenvalue weighted by atomic mass is 9.94. The average Bonchev–Trinajstić information content (AvgIpc) is 2.44. The largest absolute Gasteiger partial charge is 0.299 e. The number of rotatable bonds is 0. The van der Waals surface area contributed by atoms with Crippen molar-refractivity contribution in [3.05, 3.63) is 35.4 Å². The highest BCUT2D eigenvalue weighted by molar-refractivity contribution is 5.86. The summed E-state index contributed by atoms with van der Waals surface area (Å²) in [4.78, 5) is 11.9. The van der Waals surface area contributed by atoms with Crippen molar-refractivity contribution >= 4 is 5.78 Å². The topological polar surface area (TPSA) is 17.1 Å². The zero-order chi connectivity index (χ0) is 9.54. The number of carbonyl (C=O) groups is 1. The summed E-state index contributed by atoms with van der Waals surface area (Å²) in [6, 6.07) is 8.54. The highest BCUT2D eigenvalue weighted by Crippen LogP contribution is 2.36. The molecule has 2 aliphatic rings. The Bertz CT molecular complexity index is 346. The molecule has 1 saturated carbocycles. The Balaban J connectivity index is 2.06. The number of ketones is 1. The van der Waals surface area contributed by atoms with Crippen LogP contribution < -0.4 is 0 Å². The van der Waals surface area contributed by atoms with Crippen LogP contribution in [0.1, 0.15) is 24.0 Å². The molecule has 1 fully saturated rings. The Kier molecular flexibility index (Phi) is 1.73. The summed E-state index contributed by atoms with van der Waals surface area (Å²) in [6.45, 7) is 0. The molecule has 2 atom stereocenters. The lowest BCUT2D eigenvalue weighted by Gasteiger charge is -2.10. The van der Waals surface area contributed by atoms with Gasteiger partial charge in [-0.25, -0.2) is 0 Å². The molecule has 2 unspecified atom stereocenters. The molecule has 0 amide bonds. The Morgan fingerprint density at radius 3 is 1.93 bits per heavy atom. The first-order valence-corrected chi connectivity index (χ1v) is 5.45. The number of Topliss-reactive ketones (excluding diaryl/α,β-unsaturated/α-hetero) is 1. The molecule has 0 saturated heterocycles. The molecule has 2 bridgehead atoms. The van der Waals surface area contributed by atoms with E-state index in [1.165, 1.54) is 11.1 Å². The number of fused-ring (bicyclic) bond motifs is 3. The van der Waals surface area contributed by atoms with E-state index < -0.39 is 0 Å². The van der Waals surface area contributed by atoms with E-state index in [9.17, 15) is 4.79 Å². The monoisotopic (exact) mass is 186 g/mol. The molecule has 0 radical (unpaired) electrons. The van der Waals surface area contributed by atoms with Crippen LogP contribution in [0, 0.1) is 11.8 Å². The fourth-order valence-electron chi connectivity index (χ4n) is 2.91. The molecule has 1 aromatic carbocycles. The molecule has 72 valence electrons. The number of benzene rings is 1. The van der Waals surface area contributed by atoms with Crippen LogP contribution in [0.2, 0.25) is 0 Å². The maximum absolute atomic E-state index is 11.9. The zero-order valence-corrected chi connectivity index (χ0v) is 8.20. The van der Waals surface area contributed by atoms with E-state index in [1.807, 2.05) is 0 Å². The first-order valence-electron chi connectivity index (χ1n) is 5.45. The van der Waals surface area contributed by atoms with Gasteiger partial charge in [-0.3, -0.25) is 4.79 Å². The van der Waals surface area contributed by atoms with Crippen molar-refractivity contribution in [2.24, 2.45) is 11.8 Å². The van der Waals surface area contributed by atoms with Crippen molar-refractivity contribution < 1.29 is 4.79 Å². The Hall–Kier alpha value is -1.11. The van der Waals surface area contributed by atoms with Crippen LogP contribution in [-0.4, -0.2) is 5.78 Å². The summed E-state index contributed by atoms with van der Waals surface area (Å²) in [5, 5.41) is 0. The van der Waals surface area contributed by atoms with Gasteiger partial charge in [0.25, 0.3) is 0 Å². The maximum Gasteiger partial charge on any atom is 0.139 e. The quantitative estimate of drug-likeness (QED) is 0.608. The molecular weight excluding hydrogens is 172 g/mol. The third-order valence-electron chi connectivity index (χ3n) is 3.72. The lowest BCUT2D eigenvalue weighted by Crippen LogP contribution is -2.13. The van der Waals surface area contributed by atoms with Crippen molar-refractivity contribution in [2.75, 3.05) is 0 Å². The third kappa shape index (κ3) is 1.12. The summed E-state index contributed by atoms with van der Waals surface area (Å²) in [6.07, 6.45) is 4.23. The van der Waals surface area contributed by atoms with Gasteiger partial charge in [-0.15, -0.1) is 0 Å². The summed E-state index contributed by atoms with van der Waals surface area (Å²) >= 11 is 0. The summed E-state index contributed by atoms with van der Waals surface area (Å²) < 4.78 is 0. The highest BCUT2D eigenvalue weighted by Gasteiger charge is 2.36. The number of hydrogen-bond donors (Lipinski definition) is 0. The van der Waals surface area contributed by atoms with Gasteiger partial charge in [0.1, 0.15) is 5.78 Å². The Labute approximate surface area is 84.1 Å². The van der Waals surface area contributed by atoms with Gasteiger partial charge >= 0.3 is 0 Å². The molecular formula is C13H14O. The predicted octanol–water partition coefficient (Wildman–Crippen LogP) is 2.38. The minimum absolute atomic E-state index is 0.337. The van der Waals surface area contributed by atoms with Crippen molar-refractivity contribution in [3.8, 4) is 0 Å². The van der Waals surface area contributed by atoms with E-state index in [4.69, 9.17) is 0 Å². The standard InChI is InChI=1S/C13H14O/c14-13-11-5-6-12(13)8-10-4-2-1-3-9(10)7-11/h1-4,11-12H,5-8H2. The smallest absolute Gasteiger partial charge is 0.139 e. The van der Waals surface area contributed by atoms with Crippen molar-refractivity contribution in [3.63, 3.8) is 0 Å². The van der Waals surface area contributed by atoms with E-state index in [2.05, 4.69) is 24.3 Å². The van der Waals surface area contributed by atoms with Gasteiger partial charge in [0.2, 0.25) is 0 Å². The second-order valence-corrected chi connectivity index (χ2v) is 4.55. The molecule has 0 aromatic heterocycles. The molecule has 14 heavy (non-hydrogen) atoms. The second-order valence-electron chi connectivity index (χ2n) is 4.55. The van der Waals surface area contributed by atoms with Crippen LogP contribution >= 0.6 is 0 Å². The average molecular weight is 186 g/mol. The van der Waals surface area contributed by atoms with Gasteiger partial charge < -0.3 is 0 Å². The van der Waals surface area contributed by atoms with Crippen LogP contribution in [0.25, 0.3) is 0 Å². The molecule has 2 aliphatic carbocycles. The summed E-state index contributed by atoms with van der Waals surface area (Å²) in [5.41, 5.74) is 2.82. The molecule has 1 heteroatoms. The van der Waals surface area contributed by atoms with Crippen LogP contribution in [0.4, 0.5) is 0 Å². The molecule has 0 N–H and O–H groups in total. The summed E-state index contributed by atoms with van der Waals surface area (Å²) in [5.74, 6) is 1.20.